The number of furan rings is 1. The summed E-state index contributed by atoms with van der Waals surface area (Å²) in [6, 6.07) is 14.5. The maximum absolute atomic E-state index is 12.2. The van der Waals surface area contributed by atoms with Gasteiger partial charge in [-0.3, -0.25) is 4.79 Å². The molecule has 0 spiro atoms. The molecule has 0 unspecified atom stereocenters. The zero-order valence-corrected chi connectivity index (χ0v) is 14.4. The lowest BCUT2D eigenvalue weighted by molar-refractivity contribution is 0.0693. The van der Waals surface area contributed by atoms with E-state index in [2.05, 4.69) is 5.32 Å². The lowest BCUT2D eigenvalue weighted by Gasteiger charge is -2.06. The molecule has 1 heterocycles. The van der Waals surface area contributed by atoms with Crippen molar-refractivity contribution in [3.8, 4) is 11.5 Å². The molecule has 27 heavy (non-hydrogen) atoms. The summed E-state index contributed by atoms with van der Waals surface area (Å²) in [4.78, 5) is 23.1. The van der Waals surface area contributed by atoms with E-state index in [1.54, 1.807) is 6.07 Å². The molecule has 0 bridgehead atoms. The molecule has 7 nitrogen and oxygen atoms in total. The highest BCUT2D eigenvalue weighted by atomic mass is 16.5. The Hall–Kier alpha value is -3.74. The van der Waals surface area contributed by atoms with Crippen molar-refractivity contribution in [3.63, 3.8) is 0 Å². The van der Waals surface area contributed by atoms with Gasteiger partial charge in [-0.1, -0.05) is 12.1 Å². The molecule has 0 fully saturated rings. The van der Waals surface area contributed by atoms with Gasteiger partial charge in [0.1, 0.15) is 29.4 Å². The number of rotatable bonds is 6. The maximum Gasteiger partial charge on any atom is 0.339 e. The largest absolute Gasteiger partial charge is 0.507 e. The zero-order chi connectivity index (χ0) is 19.4. The normalized spacial score (nSPS) is 10.4. The Morgan fingerprint density at radius 1 is 1.11 bits per heavy atom. The van der Waals surface area contributed by atoms with Crippen LogP contribution in [0.25, 0.3) is 0 Å². The molecule has 0 saturated carbocycles. The van der Waals surface area contributed by atoms with Gasteiger partial charge in [-0.05, 0) is 48.9 Å². The van der Waals surface area contributed by atoms with Crippen molar-refractivity contribution in [2.75, 3.05) is 5.32 Å². The van der Waals surface area contributed by atoms with Gasteiger partial charge in [0.25, 0.3) is 5.91 Å². The van der Waals surface area contributed by atoms with Crippen LogP contribution in [0.2, 0.25) is 0 Å². The van der Waals surface area contributed by atoms with E-state index >= 15 is 0 Å². The summed E-state index contributed by atoms with van der Waals surface area (Å²) in [5.74, 6) is -0.974. The average molecular weight is 367 g/mol. The van der Waals surface area contributed by atoms with E-state index in [-0.39, 0.29) is 23.6 Å². The molecule has 2 aromatic carbocycles. The Morgan fingerprint density at radius 3 is 2.63 bits per heavy atom. The summed E-state index contributed by atoms with van der Waals surface area (Å²) in [6.45, 7) is 2.13. The van der Waals surface area contributed by atoms with E-state index in [0.717, 1.165) is 11.6 Å². The second-order valence-electron chi connectivity index (χ2n) is 5.86. The third-order valence-electron chi connectivity index (χ3n) is 3.74. The minimum absolute atomic E-state index is 0.0691. The molecule has 138 valence electrons. The van der Waals surface area contributed by atoms with Crippen molar-refractivity contribution < 1.29 is 29.0 Å². The molecule has 1 amide bonds. The summed E-state index contributed by atoms with van der Waals surface area (Å²) in [5.41, 5.74) is 1.07. The second-order valence-corrected chi connectivity index (χ2v) is 5.86. The molecule has 0 aliphatic rings. The number of anilines is 1. The fourth-order valence-corrected chi connectivity index (χ4v) is 2.42. The van der Waals surface area contributed by atoms with Gasteiger partial charge in [0.15, 0.2) is 5.76 Å². The molecule has 0 aliphatic carbocycles. The van der Waals surface area contributed by atoms with Gasteiger partial charge in [-0.2, -0.15) is 0 Å². The van der Waals surface area contributed by atoms with Crippen LogP contribution >= 0.6 is 0 Å². The molecule has 3 rings (SSSR count). The van der Waals surface area contributed by atoms with Gasteiger partial charge >= 0.3 is 5.97 Å². The summed E-state index contributed by atoms with van der Waals surface area (Å²) in [6.07, 6.45) is 0. The van der Waals surface area contributed by atoms with Crippen molar-refractivity contribution >= 4 is 17.6 Å². The molecular formula is C20H17NO6. The molecule has 0 saturated heterocycles. The Morgan fingerprint density at radius 2 is 1.93 bits per heavy atom. The number of carboxylic acid groups (broad SMARTS) is 1. The molecule has 1 aromatic heterocycles. The van der Waals surface area contributed by atoms with Crippen LogP contribution in [0.15, 0.2) is 59.0 Å². The van der Waals surface area contributed by atoms with Crippen molar-refractivity contribution in [2.45, 2.75) is 13.5 Å². The van der Waals surface area contributed by atoms with Crippen LogP contribution < -0.4 is 10.1 Å². The second kappa shape index (κ2) is 7.65. The number of hydrogen-bond acceptors (Lipinski definition) is 5. The highest BCUT2D eigenvalue weighted by Gasteiger charge is 2.14. The first-order chi connectivity index (χ1) is 12.9. The summed E-state index contributed by atoms with van der Waals surface area (Å²) >= 11 is 0. The number of aromatic carboxylic acids is 1. The highest BCUT2D eigenvalue weighted by Crippen LogP contribution is 2.23. The van der Waals surface area contributed by atoms with Gasteiger partial charge in [-0.25, -0.2) is 4.79 Å². The number of benzene rings is 2. The summed E-state index contributed by atoms with van der Waals surface area (Å²) in [5, 5.41) is 21.1. The average Bonchev–Trinajstić information content (AvgIpc) is 3.09. The number of carbonyl (C=O) groups excluding carboxylic acids is 1. The lowest BCUT2D eigenvalue weighted by Crippen LogP contribution is -2.11. The minimum Gasteiger partial charge on any atom is -0.507 e. The smallest absolute Gasteiger partial charge is 0.339 e. The molecule has 3 aromatic rings. The third-order valence-corrected chi connectivity index (χ3v) is 3.74. The third kappa shape index (κ3) is 4.46. The number of carboxylic acids is 1. The van der Waals surface area contributed by atoms with Gasteiger partial charge in [0.2, 0.25) is 0 Å². The van der Waals surface area contributed by atoms with E-state index in [0.29, 0.717) is 11.5 Å². The minimum atomic E-state index is -1.25. The number of amides is 1. The van der Waals surface area contributed by atoms with E-state index < -0.39 is 17.6 Å². The van der Waals surface area contributed by atoms with E-state index in [9.17, 15) is 14.7 Å². The monoisotopic (exact) mass is 367 g/mol. The van der Waals surface area contributed by atoms with Crippen molar-refractivity contribution in [1.29, 1.82) is 0 Å². The van der Waals surface area contributed by atoms with Crippen molar-refractivity contribution in [1.82, 2.24) is 0 Å². The Balaban J connectivity index is 1.63. The van der Waals surface area contributed by atoms with E-state index in [1.165, 1.54) is 18.2 Å². The number of phenols is 1. The summed E-state index contributed by atoms with van der Waals surface area (Å²) < 4.78 is 11.1. The summed E-state index contributed by atoms with van der Waals surface area (Å²) in [7, 11) is 0. The standard InChI is InChI=1S/C20H17NO6/c1-12-3-2-4-14(9-12)26-11-15-6-8-18(27-15)19(23)21-13-5-7-16(20(24)25)17(22)10-13/h2-10,22H,11H2,1H3,(H,21,23)(H,24,25). The Kier molecular flexibility index (Phi) is 5.12. The first kappa shape index (κ1) is 18.1. The van der Waals surface area contributed by atoms with Crippen molar-refractivity contribution in [2.24, 2.45) is 0 Å². The zero-order valence-electron chi connectivity index (χ0n) is 14.4. The highest BCUT2D eigenvalue weighted by molar-refractivity contribution is 6.02. The number of nitrogens with one attached hydrogen (secondary N) is 1. The van der Waals surface area contributed by atoms with E-state index in [1.807, 2.05) is 31.2 Å². The number of ether oxygens (including phenoxy) is 1. The van der Waals surface area contributed by atoms with Gasteiger partial charge in [0.05, 0.1) is 0 Å². The lowest BCUT2D eigenvalue weighted by atomic mass is 10.2. The topological polar surface area (TPSA) is 109 Å². The SMILES string of the molecule is Cc1cccc(OCc2ccc(C(=O)Nc3ccc(C(=O)O)c(O)c3)o2)c1. The molecule has 3 N–H and O–H groups in total. The fraction of sp³-hybridized carbons (Fsp3) is 0.100. The van der Waals surface area contributed by atoms with Gasteiger partial charge < -0.3 is 24.7 Å². The fourth-order valence-electron chi connectivity index (χ4n) is 2.42. The first-order valence-electron chi connectivity index (χ1n) is 8.08. The van der Waals surface area contributed by atoms with Crippen LogP contribution in [0.1, 0.15) is 32.2 Å². The number of hydrogen-bond donors (Lipinski definition) is 3. The quantitative estimate of drug-likeness (QED) is 0.611. The Labute approximate surface area is 154 Å². The van der Waals surface area contributed by atoms with Crippen molar-refractivity contribution in [3.05, 3.63) is 77.2 Å². The Bertz CT molecular complexity index is 992. The molecule has 0 radical (unpaired) electrons. The predicted molar refractivity (Wildman–Crippen MR) is 97.2 cm³/mol. The van der Waals surface area contributed by atoms with Crippen LogP contribution in [0.5, 0.6) is 11.5 Å². The van der Waals surface area contributed by atoms with Crippen LogP contribution in [0.3, 0.4) is 0 Å². The number of aromatic hydroxyl groups is 1. The number of carbonyl (C=O) groups is 2. The van der Waals surface area contributed by atoms with Crippen LogP contribution in [-0.4, -0.2) is 22.1 Å². The van der Waals surface area contributed by atoms with Gasteiger partial charge in [0, 0.05) is 11.8 Å². The first-order valence-corrected chi connectivity index (χ1v) is 8.08. The molecule has 0 aliphatic heterocycles. The van der Waals surface area contributed by atoms with Gasteiger partial charge in [-0.15, -0.1) is 0 Å². The van der Waals surface area contributed by atoms with Crippen LogP contribution in [-0.2, 0) is 6.61 Å². The van der Waals surface area contributed by atoms with E-state index in [4.69, 9.17) is 14.3 Å². The van der Waals surface area contributed by atoms with Crippen LogP contribution in [0.4, 0.5) is 5.69 Å². The maximum atomic E-state index is 12.2. The molecule has 7 heteroatoms. The van der Waals surface area contributed by atoms with Crippen LogP contribution in [0, 0.1) is 6.92 Å². The molecule has 0 atom stereocenters. The predicted octanol–water partition coefficient (Wildman–Crippen LogP) is 3.82. The molecular weight excluding hydrogens is 350 g/mol. The number of aryl methyl sites for hydroxylation is 1.